The van der Waals surface area contributed by atoms with Crippen molar-refractivity contribution in [1.82, 2.24) is 10.2 Å². The van der Waals surface area contributed by atoms with E-state index in [2.05, 4.69) is 10.2 Å². The predicted molar refractivity (Wildman–Crippen MR) is 29.0 cm³/mol. The molecule has 0 saturated carbocycles. The minimum Gasteiger partial charge on any atom is -0.286 e. The number of hydrogen-bond donors (Lipinski definition) is 1. The minimum atomic E-state index is 0. The van der Waals surface area contributed by atoms with Crippen molar-refractivity contribution >= 4 is 13.5 Å². The van der Waals surface area contributed by atoms with Crippen molar-refractivity contribution < 1.29 is 0 Å². The van der Waals surface area contributed by atoms with Crippen molar-refractivity contribution in [1.29, 1.82) is 0 Å². The fourth-order valence-corrected chi connectivity index (χ4v) is 0.215. The maximum atomic E-state index is 3.60. The van der Waals surface area contributed by atoms with Gasteiger partial charge in [-0.25, -0.2) is 0 Å². The first-order valence-electron chi connectivity index (χ1n) is 1.44. The summed E-state index contributed by atoms with van der Waals surface area (Å²) < 4.78 is 0. The number of aromatic nitrogens is 2. The smallest absolute Gasteiger partial charge is 0.0487 e. The SMILES string of the molecule is S.c1cn[nH]c1. The van der Waals surface area contributed by atoms with Crippen molar-refractivity contribution in [3.63, 3.8) is 0 Å². The first-order chi connectivity index (χ1) is 2.50. The van der Waals surface area contributed by atoms with Crippen LogP contribution in [0.1, 0.15) is 0 Å². The largest absolute Gasteiger partial charge is 0.286 e. The van der Waals surface area contributed by atoms with Gasteiger partial charge in [-0.3, -0.25) is 5.10 Å². The molecule has 1 aromatic rings. The molecule has 3 heteroatoms. The molecule has 1 heterocycles. The molecule has 0 bridgehead atoms. The molecule has 0 radical (unpaired) electrons. The molecule has 0 aliphatic carbocycles. The molecule has 0 aromatic carbocycles. The van der Waals surface area contributed by atoms with E-state index in [0.717, 1.165) is 0 Å². The van der Waals surface area contributed by atoms with Gasteiger partial charge < -0.3 is 0 Å². The molecule has 0 atom stereocenters. The van der Waals surface area contributed by atoms with Crippen molar-refractivity contribution in [2.45, 2.75) is 0 Å². The number of nitrogens with one attached hydrogen (secondary N) is 1. The van der Waals surface area contributed by atoms with Crippen LogP contribution in [0.5, 0.6) is 0 Å². The zero-order valence-corrected chi connectivity index (χ0v) is 4.18. The van der Waals surface area contributed by atoms with Gasteiger partial charge in [-0.15, -0.1) is 0 Å². The van der Waals surface area contributed by atoms with E-state index in [9.17, 15) is 0 Å². The Morgan fingerprint density at radius 3 is 2.50 bits per heavy atom. The zero-order valence-electron chi connectivity index (χ0n) is 3.18. The van der Waals surface area contributed by atoms with Crippen LogP contribution >= 0.6 is 13.5 Å². The van der Waals surface area contributed by atoms with Crippen LogP contribution in [-0.4, -0.2) is 10.2 Å². The van der Waals surface area contributed by atoms with Crippen molar-refractivity contribution in [3.8, 4) is 0 Å². The van der Waals surface area contributed by atoms with Gasteiger partial charge in [0, 0.05) is 12.4 Å². The molecule has 0 spiro atoms. The molecule has 0 amide bonds. The van der Waals surface area contributed by atoms with E-state index in [1.54, 1.807) is 12.4 Å². The first kappa shape index (κ1) is 5.56. The van der Waals surface area contributed by atoms with Crippen LogP contribution in [0, 0.1) is 0 Å². The van der Waals surface area contributed by atoms with Crippen LogP contribution < -0.4 is 0 Å². The molecule has 0 saturated heterocycles. The topological polar surface area (TPSA) is 28.7 Å². The maximum Gasteiger partial charge on any atom is 0.0487 e. The summed E-state index contributed by atoms with van der Waals surface area (Å²) in [6.07, 6.45) is 3.46. The highest BCUT2D eigenvalue weighted by Crippen LogP contribution is 1.64. The third-order valence-electron chi connectivity index (χ3n) is 0.406. The van der Waals surface area contributed by atoms with Gasteiger partial charge in [0.15, 0.2) is 0 Å². The van der Waals surface area contributed by atoms with Gasteiger partial charge in [-0.2, -0.15) is 18.6 Å². The maximum absolute atomic E-state index is 3.60. The quantitative estimate of drug-likeness (QED) is 0.508. The number of rotatable bonds is 0. The Hall–Kier alpha value is -0.440. The van der Waals surface area contributed by atoms with Crippen LogP contribution in [0.4, 0.5) is 0 Å². The fourth-order valence-electron chi connectivity index (χ4n) is 0.215. The predicted octanol–water partition coefficient (Wildman–Crippen LogP) is 0.522. The van der Waals surface area contributed by atoms with Gasteiger partial charge in [-0.05, 0) is 6.07 Å². The molecule has 2 nitrogen and oxygen atoms in total. The second-order valence-corrected chi connectivity index (χ2v) is 0.766. The molecule has 1 N–H and O–H groups in total. The Bertz CT molecular complexity index is 65.3. The van der Waals surface area contributed by atoms with Crippen LogP contribution in [0.15, 0.2) is 18.5 Å². The van der Waals surface area contributed by atoms with Crippen LogP contribution in [0.3, 0.4) is 0 Å². The van der Waals surface area contributed by atoms with Gasteiger partial charge in [0.05, 0.1) is 0 Å². The Morgan fingerprint density at radius 2 is 2.33 bits per heavy atom. The number of H-pyrrole nitrogens is 1. The van der Waals surface area contributed by atoms with Crippen LogP contribution in [-0.2, 0) is 0 Å². The highest BCUT2D eigenvalue weighted by molar-refractivity contribution is 7.59. The highest BCUT2D eigenvalue weighted by Gasteiger charge is 1.56. The Labute approximate surface area is 43.0 Å². The molecule has 1 aromatic heterocycles. The standard InChI is InChI=1S/C3H4N2.H2S/c1-2-4-5-3-1;/h1-3H,(H,4,5);1H2. The fraction of sp³-hybridized carbons (Fsp3) is 0. The van der Waals surface area contributed by atoms with Gasteiger partial charge in [-0.1, -0.05) is 0 Å². The summed E-state index contributed by atoms with van der Waals surface area (Å²) in [7, 11) is 0. The highest BCUT2D eigenvalue weighted by atomic mass is 32.1. The molecule has 0 aliphatic heterocycles. The van der Waals surface area contributed by atoms with E-state index in [0.29, 0.717) is 0 Å². The molecule has 0 aliphatic rings. The average Bonchev–Trinajstić information content (AvgIpc) is 1.76. The molecular formula is C3H6N2S. The lowest BCUT2D eigenvalue weighted by molar-refractivity contribution is 1.09. The molecule has 0 fully saturated rings. The lowest BCUT2D eigenvalue weighted by Gasteiger charge is -1.49. The summed E-state index contributed by atoms with van der Waals surface area (Å²) >= 11 is 0. The summed E-state index contributed by atoms with van der Waals surface area (Å²) in [6, 6.07) is 1.83. The third-order valence-corrected chi connectivity index (χ3v) is 0.406. The monoisotopic (exact) mass is 102 g/mol. The van der Waals surface area contributed by atoms with Gasteiger partial charge in [0.1, 0.15) is 0 Å². The number of aromatic amines is 1. The summed E-state index contributed by atoms with van der Waals surface area (Å²) in [5.41, 5.74) is 0. The summed E-state index contributed by atoms with van der Waals surface area (Å²) in [6.45, 7) is 0. The second kappa shape index (κ2) is 2.78. The van der Waals surface area contributed by atoms with Crippen molar-refractivity contribution in [2.75, 3.05) is 0 Å². The lowest BCUT2D eigenvalue weighted by Crippen LogP contribution is -1.53. The Morgan fingerprint density at radius 1 is 1.50 bits per heavy atom. The average molecular weight is 102 g/mol. The van der Waals surface area contributed by atoms with E-state index in [1.165, 1.54) is 0 Å². The molecule has 6 heavy (non-hydrogen) atoms. The minimum absolute atomic E-state index is 0. The lowest BCUT2D eigenvalue weighted by atomic mass is 10.8. The Kier molecular flexibility index (Phi) is 2.58. The van der Waals surface area contributed by atoms with Gasteiger partial charge in [0.2, 0.25) is 0 Å². The van der Waals surface area contributed by atoms with E-state index in [1.807, 2.05) is 6.07 Å². The zero-order chi connectivity index (χ0) is 3.54. The van der Waals surface area contributed by atoms with E-state index < -0.39 is 0 Å². The van der Waals surface area contributed by atoms with Crippen LogP contribution in [0.25, 0.3) is 0 Å². The van der Waals surface area contributed by atoms with Crippen molar-refractivity contribution in [2.24, 2.45) is 0 Å². The third kappa shape index (κ3) is 1.12. The summed E-state index contributed by atoms with van der Waals surface area (Å²) in [5.74, 6) is 0. The second-order valence-electron chi connectivity index (χ2n) is 0.766. The number of hydrogen-bond acceptors (Lipinski definition) is 1. The molecule has 34 valence electrons. The van der Waals surface area contributed by atoms with Gasteiger partial charge in [0.25, 0.3) is 0 Å². The summed E-state index contributed by atoms with van der Waals surface area (Å²) in [5, 5.41) is 6.21. The summed E-state index contributed by atoms with van der Waals surface area (Å²) in [4.78, 5) is 0. The Balaban J connectivity index is 0.000000250. The molecule has 1 rings (SSSR count). The van der Waals surface area contributed by atoms with E-state index in [-0.39, 0.29) is 13.5 Å². The normalized spacial score (nSPS) is 6.67. The van der Waals surface area contributed by atoms with Gasteiger partial charge >= 0.3 is 0 Å². The first-order valence-corrected chi connectivity index (χ1v) is 1.44. The van der Waals surface area contributed by atoms with E-state index in [4.69, 9.17) is 0 Å². The van der Waals surface area contributed by atoms with Crippen molar-refractivity contribution in [3.05, 3.63) is 18.5 Å². The molecule has 0 unspecified atom stereocenters. The number of nitrogens with zero attached hydrogens (tertiary/aromatic N) is 1. The van der Waals surface area contributed by atoms with E-state index >= 15 is 0 Å². The molecular weight excluding hydrogens is 96.1 g/mol. The van der Waals surface area contributed by atoms with Crippen LogP contribution in [0.2, 0.25) is 0 Å².